The second-order valence-electron chi connectivity index (χ2n) is 16.0. The van der Waals surface area contributed by atoms with Crippen LogP contribution in [0.2, 0.25) is 0 Å². The van der Waals surface area contributed by atoms with Crippen LogP contribution >= 0.6 is 0 Å². The maximum absolute atomic E-state index is 14.1. The van der Waals surface area contributed by atoms with E-state index in [1.165, 1.54) is 17.5 Å². The van der Waals surface area contributed by atoms with Gasteiger partial charge in [0.1, 0.15) is 43.3 Å². The predicted molar refractivity (Wildman–Crippen MR) is 251 cm³/mol. The van der Waals surface area contributed by atoms with Gasteiger partial charge in [-0.25, -0.2) is 0 Å². The fraction of sp³-hybridized carbons (Fsp3) is 0.367. The van der Waals surface area contributed by atoms with Crippen LogP contribution in [0.5, 0.6) is 11.5 Å². The third kappa shape index (κ3) is 14.6. The van der Waals surface area contributed by atoms with Gasteiger partial charge in [-0.05, 0) is 83.0 Å². The topological polar surface area (TPSA) is 274 Å². The minimum atomic E-state index is -1.30. The maximum Gasteiger partial charge on any atom is 0.251 e. The number of rotatable bonds is 16. The number of nitrogens with two attached hydrogens (primary N) is 3. The predicted octanol–water partition coefficient (Wildman–Crippen LogP) is 2.81. The van der Waals surface area contributed by atoms with Gasteiger partial charge in [0.25, 0.3) is 5.91 Å². The molecule has 0 fully saturated rings. The molecular weight excluding hydrogens is 843 g/mol. The first-order chi connectivity index (χ1) is 31.6. The molecule has 6 amide bonds. The van der Waals surface area contributed by atoms with Crippen LogP contribution in [0, 0.1) is 24.2 Å². The molecule has 17 nitrogen and oxygen atoms in total. The Labute approximate surface area is 385 Å². The summed E-state index contributed by atoms with van der Waals surface area (Å²) in [4.78, 5) is 78.7. The van der Waals surface area contributed by atoms with Crippen molar-refractivity contribution in [2.45, 2.75) is 59.0 Å². The second kappa shape index (κ2) is 25.3. The van der Waals surface area contributed by atoms with E-state index < -0.39 is 54.7 Å². The van der Waals surface area contributed by atoms with Crippen molar-refractivity contribution in [2.75, 3.05) is 53.0 Å². The molecule has 1 aliphatic heterocycles. The molecular formula is C49H61N9O8. The molecule has 0 spiro atoms. The molecule has 2 atom stereocenters. The van der Waals surface area contributed by atoms with Crippen LogP contribution in [0.4, 0.5) is 0 Å². The number of aryl methyl sites for hydroxylation is 1. The molecule has 0 saturated heterocycles. The Balaban J connectivity index is 0.00000180. The molecule has 4 bridgehead atoms. The van der Waals surface area contributed by atoms with Crippen LogP contribution < -0.4 is 47.9 Å². The molecule has 4 aromatic rings. The van der Waals surface area contributed by atoms with Gasteiger partial charge < -0.3 is 52.8 Å². The number of likely N-dealkylation sites (N-methyl/N-ethyl adjacent to an activating group) is 1. The van der Waals surface area contributed by atoms with Crippen LogP contribution in [0.25, 0.3) is 22.3 Å². The highest BCUT2D eigenvalue weighted by molar-refractivity contribution is 5.99. The molecule has 2 unspecified atom stereocenters. The van der Waals surface area contributed by atoms with Crippen molar-refractivity contribution < 1.29 is 38.2 Å². The number of nitrogens with zero attached hydrogens (tertiary/aromatic N) is 2. The minimum absolute atomic E-state index is 0.0292. The lowest BCUT2D eigenvalue weighted by atomic mass is 9.93. The molecule has 350 valence electrons. The van der Waals surface area contributed by atoms with Crippen molar-refractivity contribution in [3.05, 3.63) is 107 Å². The van der Waals surface area contributed by atoms with Crippen LogP contribution in [0.1, 0.15) is 65.8 Å². The first-order valence-electron chi connectivity index (χ1n) is 21.8. The molecule has 0 aliphatic carbocycles. The number of nitriles is 1. The number of nitrogens with one attached hydrogen (secondary N) is 4. The third-order valence-corrected chi connectivity index (χ3v) is 10.4. The lowest BCUT2D eigenvalue weighted by Crippen LogP contribution is -2.52. The Kier molecular flexibility index (Phi) is 19.7. The zero-order chi connectivity index (χ0) is 48.3. The van der Waals surface area contributed by atoms with Crippen molar-refractivity contribution in [3.63, 3.8) is 0 Å². The minimum Gasteiger partial charge on any atom is -0.492 e. The second-order valence-corrected chi connectivity index (χ2v) is 16.0. The van der Waals surface area contributed by atoms with Gasteiger partial charge in [-0.15, -0.1) is 0 Å². The Morgan fingerprint density at radius 2 is 1.50 bits per heavy atom. The lowest BCUT2D eigenvalue weighted by Gasteiger charge is -2.29. The zero-order valence-electron chi connectivity index (χ0n) is 38.2. The summed E-state index contributed by atoms with van der Waals surface area (Å²) in [6.45, 7) is 7.41. The highest BCUT2D eigenvalue weighted by atomic mass is 16.5. The summed E-state index contributed by atoms with van der Waals surface area (Å²) in [5.74, 6) is -1.93. The number of carbonyl (C=O) groups is 6. The average Bonchev–Trinajstić information content (AvgIpc) is 3.30. The summed E-state index contributed by atoms with van der Waals surface area (Å²) in [5, 5.41) is 19.5. The smallest absolute Gasteiger partial charge is 0.251 e. The average molecular weight is 904 g/mol. The zero-order valence-corrected chi connectivity index (χ0v) is 38.2. The van der Waals surface area contributed by atoms with E-state index in [0.29, 0.717) is 51.7 Å². The molecule has 4 aromatic carbocycles. The molecule has 5 rings (SSSR count). The highest BCUT2D eigenvalue weighted by Crippen LogP contribution is 2.40. The molecule has 1 aliphatic rings. The maximum atomic E-state index is 14.1. The van der Waals surface area contributed by atoms with E-state index in [4.69, 9.17) is 26.2 Å². The van der Waals surface area contributed by atoms with Crippen LogP contribution in [0.3, 0.4) is 0 Å². The van der Waals surface area contributed by atoms with E-state index in [2.05, 4.69) is 65.1 Å². The summed E-state index contributed by atoms with van der Waals surface area (Å²) < 4.78 is 12.1. The van der Waals surface area contributed by atoms with E-state index in [-0.39, 0.29) is 45.2 Å². The fourth-order valence-corrected chi connectivity index (χ4v) is 7.11. The Morgan fingerprint density at radius 3 is 2.09 bits per heavy atom. The monoisotopic (exact) mass is 903 g/mol. The Morgan fingerprint density at radius 1 is 0.879 bits per heavy atom. The SMILES string of the molecule is CCC(N)=O.Cc1cc(-c2ccc(CC(C)C)cc2)ccc1C(=O)NCC(=O)N(C)C1C(=O)NCC(=O)NC(C(=O)NCC#N)Cc2ccc(OCCN)c(c2)-c2cc1ccc2OCCN. The molecule has 17 heteroatoms. The van der Waals surface area contributed by atoms with Crippen molar-refractivity contribution in [2.24, 2.45) is 23.1 Å². The number of ether oxygens (including phenoxy) is 2. The molecule has 10 N–H and O–H groups in total. The van der Waals surface area contributed by atoms with Gasteiger partial charge in [0.05, 0.1) is 19.2 Å². The normalized spacial score (nSPS) is 14.5. The number of carbonyl (C=O) groups excluding carboxylic acids is 6. The highest BCUT2D eigenvalue weighted by Gasteiger charge is 2.32. The van der Waals surface area contributed by atoms with Gasteiger partial charge in [0.15, 0.2) is 0 Å². The van der Waals surface area contributed by atoms with Crippen molar-refractivity contribution >= 4 is 35.4 Å². The van der Waals surface area contributed by atoms with Gasteiger partial charge in [-0.3, -0.25) is 28.8 Å². The fourth-order valence-electron chi connectivity index (χ4n) is 7.11. The van der Waals surface area contributed by atoms with Gasteiger partial charge in [0.2, 0.25) is 29.5 Å². The summed E-state index contributed by atoms with van der Waals surface area (Å²) >= 11 is 0. The van der Waals surface area contributed by atoms with Crippen molar-refractivity contribution in [3.8, 4) is 39.8 Å². The standard InChI is InChI=1S/C46H54N8O7.C3H7NO/c1-28(2)21-30-5-8-32(9-6-30)33-10-12-35(29(3)22-33)44(57)52-27-42(56)54(4)43-34-11-14-40(61-20-17-49)37(25-34)36-23-31(7-13-39(36)60-19-16-48)24-38(45(58)50-18-15-47)53-41(55)26-51-46(43)59;1-2-3(4)5/h5-14,22-23,25,28,38,43H,16-21,24,26-27,48-49H2,1-4H3,(H,50,58)(H,51,59)(H,52,57)(H,53,55);2H2,1H3,(H2,4,5). The number of primary amides is 1. The van der Waals surface area contributed by atoms with Crippen LogP contribution in [0.15, 0.2) is 78.9 Å². The summed E-state index contributed by atoms with van der Waals surface area (Å²) in [7, 11) is 1.43. The lowest BCUT2D eigenvalue weighted by molar-refractivity contribution is -0.139. The van der Waals surface area contributed by atoms with E-state index in [0.717, 1.165) is 23.1 Å². The number of fused-ring (bicyclic) bond motifs is 5. The van der Waals surface area contributed by atoms with E-state index in [9.17, 15) is 28.8 Å². The van der Waals surface area contributed by atoms with Gasteiger partial charge in [-0.2, -0.15) is 5.26 Å². The Hall–Kier alpha value is -7.29. The first-order valence-corrected chi connectivity index (χ1v) is 21.8. The van der Waals surface area contributed by atoms with E-state index >= 15 is 0 Å². The van der Waals surface area contributed by atoms with Gasteiger partial charge >= 0.3 is 0 Å². The quantitative estimate of drug-likeness (QED) is 0.0804. The third-order valence-electron chi connectivity index (χ3n) is 10.4. The Bertz CT molecular complexity index is 2400. The van der Waals surface area contributed by atoms with Crippen molar-refractivity contribution in [1.82, 2.24) is 26.2 Å². The number of hydrogen-bond acceptors (Lipinski definition) is 11. The van der Waals surface area contributed by atoms with Crippen LogP contribution in [-0.4, -0.2) is 99.4 Å². The van der Waals surface area contributed by atoms with Crippen molar-refractivity contribution in [1.29, 1.82) is 5.26 Å². The molecule has 0 saturated carbocycles. The number of benzene rings is 4. The summed E-state index contributed by atoms with van der Waals surface area (Å²) in [6.07, 6.45) is 1.46. The molecule has 1 heterocycles. The van der Waals surface area contributed by atoms with E-state index in [1.54, 1.807) is 49.4 Å². The van der Waals surface area contributed by atoms with Crippen LogP contribution in [-0.2, 0) is 36.8 Å². The van der Waals surface area contributed by atoms with E-state index in [1.807, 2.05) is 25.1 Å². The molecule has 0 radical (unpaired) electrons. The summed E-state index contributed by atoms with van der Waals surface area (Å²) in [5.41, 5.74) is 22.6. The first kappa shape index (κ1) is 51.3. The van der Waals surface area contributed by atoms with Gasteiger partial charge in [0, 0.05) is 49.7 Å². The largest absolute Gasteiger partial charge is 0.492 e. The number of amides is 6. The molecule has 66 heavy (non-hydrogen) atoms. The van der Waals surface area contributed by atoms with Gasteiger partial charge in [-0.1, -0.05) is 69.3 Å². The summed E-state index contributed by atoms with van der Waals surface area (Å²) in [6, 6.07) is 23.5. The molecule has 0 aromatic heterocycles. The number of hydrogen-bond donors (Lipinski definition) is 7.